The Morgan fingerprint density at radius 2 is 2.09 bits per heavy atom. The van der Waals surface area contributed by atoms with E-state index in [1.54, 1.807) is 4.90 Å². The molecule has 0 fully saturated rings. The van der Waals surface area contributed by atoms with Gasteiger partial charge < -0.3 is 9.64 Å². The first-order valence-corrected chi connectivity index (χ1v) is 3.60. The third kappa shape index (κ3) is 4.42. The van der Waals surface area contributed by atoms with Crippen LogP contribution in [-0.2, 0) is 9.53 Å². The lowest BCUT2D eigenvalue weighted by Gasteiger charge is -2.16. The van der Waals surface area contributed by atoms with E-state index < -0.39 is 0 Å². The largest absolute Gasteiger partial charge is 0.479 e. The van der Waals surface area contributed by atoms with E-state index in [1.807, 2.05) is 21.0 Å². The Morgan fingerprint density at radius 3 is 2.36 bits per heavy atom. The van der Waals surface area contributed by atoms with Crippen molar-refractivity contribution in [1.29, 1.82) is 0 Å². The molecule has 0 aliphatic carbocycles. The quantitative estimate of drug-likeness (QED) is 0.450. The molecule has 0 amide bonds. The lowest BCUT2D eigenvalue weighted by Crippen LogP contribution is -2.15. The number of ketones is 1. The Bertz CT molecular complexity index is 161. The van der Waals surface area contributed by atoms with Crippen LogP contribution in [0.5, 0.6) is 0 Å². The summed E-state index contributed by atoms with van der Waals surface area (Å²) in [6.45, 7) is 3.97. The van der Waals surface area contributed by atoms with Crippen molar-refractivity contribution in [3.8, 4) is 0 Å². The van der Waals surface area contributed by atoms with Gasteiger partial charge in [0.05, 0.1) is 6.61 Å². The monoisotopic (exact) mass is 157 g/mol. The summed E-state index contributed by atoms with van der Waals surface area (Å²) in [6, 6.07) is 0. The molecule has 0 radical (unpaired) electrons. The van der Waals surface area contributed by atoms with Gasteiger partial charge in [-0.2, -0.15) is 0 Å². The Balaban J connectivity index is 4.20. The van der Waals surface area contributed by atoms with Gasteiger partial charge in [-0.15, -0.1) is 0 Å². The number of carbonyl (C=O) groups is 1. The molecule has 0 rings (SSSR count). The molecule has 0 saturated carbocycles. The van der Waals surface area contributed by atoms with E-state index in [1.165, 1.54) is 13.0 Å². The highest BCUT2D eigenvalue weighted by Crippen LogP contribution is 1.99. The second-order valence-corrected chi connectivity index (χ2v) is 2.42. The van der Waals surface area contributed by atoms with Crippen molar-refractivity contribution >= 4 is 5.78 Å². The minimum atomic E-state index is 0.00199. The van der Waals surface area contributed by atoms with E-state index >= 15 is 0 Å². The maximum absolute atomic E-state index is 10.7. The van der Waals surface area contributed by atoms with Crippen LogP contribution >= 0.6 is 0 Å². The number of hydrogen-bond donors (Lipinski definition) is 0. The molecule has 0 unspecified atom stereocenters. The average molecular weight is 157 g/mol. The maximum atomic E-state index is 10.7. The van der Waals surface area contributed by atoms with Gasteiger partial charge in [-0.25, -0.2) is 0 Å². The van der Waals surface area contributed by atoms with Gasteiger partial charge in [-0.3, -0.25) is 4.79 Å². The van der Waals surface area contributed by atoms with E-state index in [0.717, 1.165) is 0 Å². The van der Waals surface area contributed by atoms with Crippen LogP contribution in [0, 0.1) is 0 Å². The lowest BCUT2D eigenvalue weighted by molar-refractivity contribution is -0.113. The molecule has 3 nitrogen and oxygen atoms in total. The van der Waals surface area contributed by atoms with Crippen LogP contribution in [-0.4, -0.2) is 31.4 Å². The summed E-state index contributed by atoms with van der Waals surface area (Å²) in [6.07, 6.45) is 1.48. The van der Waals surface area contributed by atoms with Crippen molar-refractivity contribution in [2.45, 2.75) is 13.8 Å². The third-order valence-corrected chi connectivity index (χ3v) is 1.06. The molecule has 0 aromatic heterocycles. The molecule has 0 bridgehead atoms. The van der Waals surface area contributed by atoms with Crippen LogP contribution in [0.2, 0.25) is 0 Å². The highest BCUT2D eigenvalue weighted by Gasteiger charge is 2.00. The SMILES string of the molecule is CCO/C(=C/C(C)=O)N(C)C. The minimum Gasteiger partial charge on any atom is -0.479 e. The van der Waals surface area contributed by atoms with Crippen molar-refractivity contribution in [3.63, 3.8) is 0 Å². The zero-order chi connectivity index (χ0) is 8.85. The minimum absolute atomic E-state index is 0.00199. The normalized spacial score (nSPS) is 11.1. The third-order valence-electron chi connectivity index (χ3n) is 1.06. The predicted octanol–water partition coefficient (Wildman–Crippen LogP) is 1.01. The molecule has 0 aromatic rings. The zero-order valence-electron chi connectivity index (χ0n) is 7.55. The second kappa shape index (κ2) is 4.77. The van der Waals surface area contributed by atoms with Crippen LogP contribution in [0.15, 0.2) is 12.0 Å². The van der Waals surface area contributed by atoms with Crippen LogP contribution in [0.4, 0.5) is 0 Å². The van der Waals surface area contributed by atoms with Crippen molar-refractivity contribution in [2.24, 2.45) is 0 Å². The highest BCUT2D eigenvalue weighted by atomic mass is 16.5. The number of nitrogens with zero attached hydrogens (tertiary/aromatic N) is 1. The van der Waals surface area contributed by atoms with E-state index in [4.69, 9.17) is 4.74 Å². The van der Waals surface area contributed by atoms with Crippen LogP contribution in [0.25, 0.3) is 0 Å². The number of ether oxygens (including phenoxy) is 1. The summed E-state index contributed by atoms with van der Waals surface area (Å²) < 4.78 is 5.18. The maximum Gasteiger partial charge on any atom is 0.192 e. The van der Waals surface area contributed by atoms with Gasteiger partial charge in [0.2, 0.25) is 0 Å². The van der Waals surface area contributed by atoms with E-state index in [9.17, 15) is 4.79 Å². The van der Waals surface area contributed by atoms with E-state index in [0.29, 0.717) is 12.5 Å². The van der Waals surface area contributed by atoms with Crippen molar-refractivity contribution in [3.05, 3.63) is 12.0 Å². The van der Waals surface area contributed by atoms with Crippen molar-refractivity contribution < 1.29 is 9.53 Å². The van der Waals surface area contributed by atoms with Gasteiger partial charge in [0.25, 0.3) is 0 Å². The summed E-state index contributed by atoms with van der Waals surface area (Å²) in [7, 11) is 3.68. The van der Waals surface area contributed by atoms with Gasteiger partial charge in [0, 0.05) is 20.2 Å². The number of allylic oxidation sites excluding steroid dienone is 1. The second-order valence-electron chi connectivity index (χ2n) is 2.42. The molecule has 3 heteroatoms. The van der Waals surface area contributed by atoms with Gasteiger partial charge in [-0.05, 0) is 13.8 Å². The molecule has 0 aliphatic rings. The smallest absolute Gasteiger partial charge is 0.192 e. The molecule has 11 heavy (non-hydrogen) atoms. The fourth-order valence-corrected chi connectivity index (χ4v) is 0.622. The molecular weight excluding hydrogens is 142 g/mol. The summed E-state index contributed by atoms with van der Waals surface area (Å²) >= 11 is 0. The Kier molecular flexibility index (Phi) is 4.34. The van der Waals surface area contributed by atoms with Crippen LogP contribution in [0.3, 0.4) is 0 Å². The first kappa shape index (κ1) is 10.0. The number of hydrogen-bond acceptors (Lipinski definition) is 3. The highest BCUT2D eigenvalue weighted by molar-refractivity contribution is 5.87. The fraction of sp³-hybridized carbons (Fsp3) is 0.625. The molecule has 0 aliphatic heterocycles. The van der Waals surface area contributed by atoms with Crippen LogP contribution < -0.4 is 0 Å². The first-order valence-electron chi connectivity index (χ1n) is 3.60. The predicted molar refractivity (Wildman–Crippen MR) is 44.1 cm³/mol. The standard InChI is InChI=1S/C8H15NO2/c1-5-11-8(9(3)4)6-7(2)10/h6H,5H2,1-4H3/b8-6+. The summed E-state index contributed by atoms with van der Waals surface area (Å²) in [5.41, 5.74) is 0. The first-order chi connectivity index (χ1) is 5.07. The van der Waals surface area contributed by atoms with Gasteiger partial charge in [0.15, 0.2) is 11.7 Å². The molecular formula is C8H15NO2. The Labute approximate surface area is 67.6 Å². The Hall–Kier alpha value is -0.990. The summed E-state index contributed by atoms with van der Waals surface area (Å²) in [4.78, 5) is 12.4. The van der Waals surface area contributed by atoms with E-state index in [2.05, 4.69) is 0 Å². The molecule has 0 atom stereocenters. The van der Waals surface area contributed by atoms with Gasteiger partial charge in [0.1, 0.15) is 0 Å². The lowest BCUT2D eigenvalue weighted by atomic mass is 10.4. The number of carbonyl (C=O) groups excluding carboxylic acids is 1. The van der Waals surface area contributed by atoms with Gasteiger partial charge in [-0.1, -0.05) is 0 Å². The molecule has 0 aromatic carbocycles. The van der Waals surface area contributed by atoms with Gasteiger partial charge >= 0.3 is 0 Å². The molecule has 0 spiro atoms. The Morgan fingerprint density at radius 1 is 1.55 bits per heavy atom. The fourth-order valence-electron chi connectivity index (χ4n) is 0.622. The van der Waals surface area contributed by atoms with Crippen LogP contribution in [0.1, 0.15) is 13.8 Å². The van der Waals surface area contributed by atoms with E-state index in [-0.39, 0.29) is 5.78 Å². The summed E-state index contributed by atoms with van der Waals surface area (Å²) in [5.74, 6) is 0.613. The number of rotatable bonds is 4. The molecule has 64 valence electrons. The topological polar surface area (TPSA) is 29.5 Å². The summed E-state index contributed by atoms with van der Waals surface area (Å²) in [5, 5.41) is 0. The molecule has 0 saturated heterocycles. The zero-order valence-corrected chi connectivity index (χ0v) is 7.55. The van der Waals surface area contributed by atoms with Crippen molar-refractivity contribution in [1.82, 2.24) is 4.90 Å². The van der Waals surface area contributed by atoms with Crippen molar-refractivity contribution in [2.75, 3.05) is 20.7 Å². The average Bonchev–Trinajstić information content (AvgIpc) is 1.86. The molecule has 0 heterocycles. The molecule has 0 N–H and O–H groups in total.